The van der Waals surface area contributed by atoms with Gasteiger partial charge in [0.15, 0.2) is 0 Å². The van der Waals surface area contributed by atoms with Gasteiger partial charge in [0.1, 0.15) is 0 Å². The van der Waals surface area contributed by atoms with Crippen LogP contribution in [0.1, 0.15) is 67.2 Å². The van der Waals surface area contributed by atoms with Crippen LogP contribution < -0.4 is 0 Å². The van der Waals surface area contributed by atoms with Crippen LogP contribution in [0.15, 0.2) is 0 Å². The van der Waals surface area contributed by atoms with Crippen molar-refractivity contribution >= 4 is 0 Å². The van der Waals surface area contributed by atoms with Crippen LogP contribution in [-0.2, 0) is 4.74 Å². The third kappa shape index (κ3) is 9.21. The SMILES string of the molecule is CC(C)(C)CC1CC1.CC(C)(C)CC1CO1. The summed E-state index contributed by atoms with van der Waals surface area (Å²) in [4.78, 5) is 0. The second-order valence-corrected chi connectivity index (χ2v) is 7.93. The summed E-state index contributed by atoms with van der Waals surface area (Å²) in [6, 6.07) is 0. The normalized spacial score (nSPS) is 24.8. The minimum atomic E-state index is 0.459. The number of epoxide rings is 1. The van der Waals surface area contributed by atoms with Crippen LogP contribution in [0.5, 0.6) is 0 Å². The van der Waals surface area contributed by atoms with Crippen molar-refractivity contribution in [3.8, 4) is 0 Å². The lowest BCUT2D eigenvalue weighted by atomic mass is 9.90. The Morgan fingerprint density at radius 3 is 1.44 bits per heavy atom. The molecule has 0 spiro atoms. The Kier molecular flexibility index (Phi) is 4.45. The number of rotatable bonds is 2. The highest BCUT2D eigenvalue weighted by Gasteiger charge is 2.28. The zero-order valence-electron chi connectivity index (χ0n) is 12.1. The second kappa shape index (κ2) is 5.08. The molecule has 0 aromatic heterocycles. The molecule has 1 unspecified atom stereocenters. The van der Waals surface area contributed by atoms with Crippen molar-refractivity contribution in [2.75, 3.05) is 6.61 Å². The van der Waals surface area contributed by atoms with Gasteiger partial charge in [-0.15, -0.1) is 0 Å². The Balaban J connectivity index is 0.000000160. The zero-order valence-corrected chi connectivity index (χ0v) is 12.1. The Labute approximate surface area is 102 Å². The van der Waals surface area contributed by atoms with E-state index in [1.807, 2.05) is 0 Å². The largest absolute Gasteiger partial charge is 0.373 e. The topological polar surface area (TPSA) is 12.5 Å². The van der Waals surface area contributed by atoms with Gasteiger partial charge in [-0.25, -0.2) is 0 Å². The fourth-order valence-corrected chi connectivity index (χ4v) is 2.06. The third-order valence-corrected chi connectivity index (χ3v) is 2.84. The van der Waals surface area contributed by atoms with E-state index in [0.717, 1.165) is 12.5 Å². The van der Waals surface area contributed by atoms with Crippen LogP contribution in [0.3, 0.4) is 0 Å². The van der Waals surface area contributed by atoms with Crippen LogP contribution >= 0.6 is 0 Å². The van der Waals surface area contributed by atoms with Gasteiger partial charge in [0, 0.05) is 0 Å². The summed E-state index contributed by atoms with van der Waals surface area (Å²) in [5.74, 6) is 1.09. The molecule has 0 bridgehead atoms. The van der Waals surface area contributed by atoms with E-state index in [1.54, 1.807) is 0 Å². The van der Waals surface area contributed by atoms with Crippen molar-refractivity contribution in [1.82, 2.24) is 0 Å². The zero-order chi connectivity index (χ0) is 12.4. The summed E-state index contributed by atoms with van der Waals surface area (Å²) in [5.41, 5.74) is 1.04. The van der Waals surface area contributed by atoms with Crippen molar-refractivity contribution in [1.29, 1.82) is 0 Å². The average Bonchev–Trinajstić information content (AvgIpc) is 2.79. The summed E-state index contributed by atoms with van der Waals surface area (Å²) in [6.45, 7) is 14.7. The molecule has 1 aliphatic carbocycles. The van der Waals surface area contributed by atoms with Crippen molar-refractivity contribution in [3.63, 3.8) is 0 Å². The van der Waals surface area contributed by atoms with Crippen molar-refractivity contribution in [2.45, 2.75) is 73.3 Å². The Morgan fingerprint density at radius 1 is 0.875 bits per heavy atom. The number of hydrogen-bond acceptors (Lipinski definition) is 1. The minimum Gasteiger partial charge on any atom is -0.373 e. The van der Waals surface area contributed by atoms with E-state index in [2.05, 4.69) is 41.5 Å². The highest BCUT2D eigenvalue weighted by Crippen LogP contribution is 2.39. The average molecular weight is 226 g/mol. The van der Waals surface area contributed by atoms with Crippen LogP contribution in [0.2, 0.25) is 0 Å². The highest BCUT2D eigenvalue weighted by atomic mass is 16.6. The lowest BCUT2D eigenvalue weighted by Gasteiger charge is -2.16. The van der Waals surface area contributed by atoms with E-state index in [0.29, 0.717) is 16.9 Å². The molecular formula is C15H30O. The first-order chi connectivity index (χ1) is 7.16. The van der Waals surface area contributed by atoms with Gasteiger partial charge in [0.05, 0.1) is 12.7 Å². The molecule has 0 amide bonds. The Bertz CT molecular complexity index is 174. The van der Waals surface area contributed by atoms with Gasteiger partial charge in [-0.3, -0.25) is 0 Å². The molecular weight excluding hydrogens is 196 g/mol. The van der Waals surface area contributed by atoms with E-state index in [4.69, 9.17) is 4.74 Å². The molecule has 0 N–H and O–H groups in total. The molecule has 2 fully saturated rings. The molecule has 1 aliphatic heterocycles. The van der Waals surface area contributed by atoms with Gasteiger partial charge in [-0.05, 0) is 29.6 Å². The molecule has 1 saturated carbocycles. The standard InChI is InChI=1S/C8H16.C7H14O/c1-8(2,3)6-7-4-5-7;1-7(2,3)4-6-5-8-6/h7H,4-6H2,1-3H3;6H,4-5H2,1-3H3. The minimum absolute atomic E-state index is 0.459. The van der Waals surface area contributed by atoms with E-state index in [1.165, 1.54) is 25.7 Å². The van der Waals surface area contributed by atoms with Gasteiger partial charge in [0.25, 0.3) is 0 Å². The van der Waals surface area contributed by atoms with Crippen LogP contribution in [0.4, 0.5) is 0 Å². The first-order valence-electron chi connectivity index (χ1n) is 6.77. The molecule has 96 valence electrons. The molecule has 0 aromatic carbocycles. The Hall–Kier alpha value is -0.0400. The van der Waals surface area contributed by atoms with Gasteiger partial charge in [-0.2, -0.15) is 0 Å². The Morgan fingerprint density at radius 2 is 1.31 bits per heavy atom. The molecule has 1 nitrogen and oxygen atoms in total. The first-order valence-corrected chi connectivity index (χ1v) is 6.77. The molecule has 0 radical (unpaired) electrons. The lowest BCUT2D eigenvalue weighted by molar-refractivity contribution is 0.300. The summed E-state index contributed by atoms with van der Waals surface area (Å²) in [7, 11) is 0. The van der Waals surface area contributed by atoms with Gasteiger partial charge >= 0.3 is 0 Å². The summed E-state index contributed by atoms with van der Waals surface area (Å²) >= 11 is 0. The predicted octanol–water partition coefficient (Wildman–Crippen LogP) is 4.65. The van der Waals surface area contributed by atoms with Gasteiger partial charge in [-0.1, -0.05) is 54.4 Å². The third-order valence-electron chi connectivity index (χ3n) is 2.84. The fourth-order valence-electron chi connectivity index (χ4n) is 2.06. The number of hydrogen-bond donors (Lipinski definition) is 0. The van der Waals surface area contributed by atoms with E-state index < -0.39 is 0 Å². The van der Waals surface area contributed by atoms with Crippen molar-refractivity contribution in [2.24, 2.45) is 16.7 Å². The van der Waals surface area contributed by atoms with Crippen molar-refractivity contribution < 1.29 is 4.74 Å². The van der Waals surface area contributed by atoms with E-state index in [9.17, 15) is 0 Å². The summed E-state index contributed by atoms with van der Waals surface area (Å²) in [5, 5.41) is 0. The molecule has 16 heavy (non-hydrogen) atoms. The smallest absolute Gasteiger partial charge is 0.0814 e. The number of ether oxygens (including phenoxy) is 1. The van der Waals surface area contributed by atoms with Crippen LogP contribution in [-0.4, -0.2) is 12.7 Å². The second-order valence-electron chi connectivity index (χ2n) is 7.93. The fraction of sp³-hybridized carbons (Fsp3) is 1.00. The quantitative estimate of drug-likeness (QED) is 0.624. The molecule has 1 atom stereocenters. The monoisotopic (exact) mass is 226 g/mol. The molecule has 0 aromatic rings. The van der Waals surface area contributed by atoms with E-state index >= 15 is 0 Å². The highest BCUT2D eigenvalue weighted by molar-refractivity contribution is 4.78. The van der Waals surface area contributed by atoms with Gasteiger partial charge in [0.2, 0.25) is 0 Å². The maximum absolute atomic E-state index is 5.08. The van der Waals surface area contributed by atoms with Crippen molar-refractivity contribution in [3.05, 3.63) is 0 Å². The molecule has 1 heterocycles. The molecule has 2 aliphatic rings. The van der Waals surface area contributed by atoms with E-state index in [-0.39, 0.29) is 0 Å². The molecule has 1 saturated heterocycles. The predicted molar refractivity (Wildman–Crippen MR) is 70.6 cm³/mol. The van der Waals surface area contributed by atoms with Crippen LogP contribution in [0.25, 0.3) is 0 Å². The molecule has 1 heteroatoms. The summed E-state index contributed by atoms with van der Waals surface area (Å²) < 4.78 is 5.08. The maximum atomic E-state index is 5.08. The first kappa shape index (κ1) is 14.0. The maximum Gasteiger partial charge on any atom is 0.0814 e. The molecule has 2 rings (SSSR count). The summed E-state index contributed by atoms with van der Waals surface area (Å²) in [6.07, 6.45) is 6.24. The lowest BCUT2D eigenvalue weighted by Crippen LogP contribution is -2.07. The van der Waals surface area contributed by atoms with Crippen LogP contribution in [0, 0.1) is 16.7 Å². The van der Waals surface area contributed by atoms with Gasteiger partial charge < -0.3 is 4.74 Å².